The normalized spacial score (nSPS) is 12.4. The lowest BCUT2D eigenvalue weighted by atomic mass is 9.99. The topological polar surface area (TPSA) is 47.3 Å². The number of hydrogen-bond acceptors (Lipinski definition) is 3. The maximum Gasteiger partial charge on any atom is 0.119 e. The van der Waals surface area contributed by atoms with Crippen molar-refractivity contribution in [2.45, 2.75) is 46.1 Å². The number of anilines is 1. The first-order valence-electron chi connectivity index (χ1n) is 7.34. The maximum absolute atomic E-state index is 5.98. The molecular weight excluding hydrogens is 236 g/mol. The van der Waals surface area contributed by atoms with Crippen LogP contribution < -0.4 is 15.8 Å². The average molecular weight is 264 g/mol. The molecule has 1 unspecified atom stereocenters. The van der Waals surface area contributed by atoms with E-state index in [1.54, 1.807) is 7.11 Å². The molecule has 3 N–H and O–H groups in total. The number of nitrogens with two attached hydrogens (primary N) is 1. The summed E-state index contributed by atoms with van der Waals surface area (Å²) in [5.74, 6) is 1.64. The highest BCUT2D eigenvalue weighted by Crippen LogP contribution is 2.19. The van der Waals surface area contributed by atoms with Crippen molar-refractivity contribution < 1.29 is 4.74 Å². The lowest BCUT2D eigenvalue weighted by Crippen LogP contribution is -2.22. The third-order valence-electron chi connectivity index (χ3n) is 3.64. The van der Waals surface area contributed by atoms with Gasteiger partial charge in [-0.25, -0.2) is 0 Å². The quantitative estimate of drug-likeness (QED) is 0.670. The van der Waals surface area contributed by atoms with E-state index in [0.717, 1.165) is 36.0 Å². The summed E-state index contributed by atoms with van der Waals surface area (Å²) in [6.07, 6.45) is 5.15. The molecule has 0 fully saturated rings. The molecule has 0 spiro atoms. The van der Waals surface area contributed by atoms with Crippen molar-refractivity contribution >= 4 is 5.69 Å². The molecule has 1 atom stereocenters. The molecule has 0 amide bonds. The van der Waals surface area contributed by atoms with Crippen molar-refractivity contribution in [2.75, 3.05) is 19.4 Å². The summed E-state index contributed by atoms with van der Waals surface area (Å²) in [6.45, 7) is 6.39. The average Bonchev–Trinajstić information content (AvgIpc) is 2.44. The van der Waals surface area contributed by atoms with Gasteiger partial charge in [-0.15, -0.1) is 0 Å². The molecular formula is C16H28N2O. The molecule has 0 heterocycles. The summed E-state index contributed by atoms with van der Waals surface area (Å²) in [6, 6.07) is 5.81. The summed E-state index contributed by atoms with van der Waals surface area (Å²) < 4.78 is 5.23. The highest BCUT2D eigenvalue weighted by molar-refractivity contribution is 5.50. The van der Waals surface area contributed by atoms with Gasteiger partial charge in [-0.2, -0.15) is 0 Å². The number of hydrogen-bond donors (Lipinski definition) is 2. The molecule has 3 heteroatoms. The number of methoxy groups -OCH3 is 1. The first-order valence-corrected chi connectivity index (χ1v) is 7.34. The minimum atomic E-state index is 0.770. The first kappa shape index (κ1) is 15.8. The van der Waals surface area contributed by atoms with Crippen molar-refractivity contribution in [3.05, 3.63) is 23.8 Å². The number of nitrogen functional groups attached to an aromatic ring is 1. The number of ether oxygens (including phenoxy) is 1. The first-order chi connectivity index (χ1) is 9.21. The lowest BCUT2D eigenvalue weighted by Gasteiger charge is -2.16. The van der Waals surface area contributed by atoms with Gasteiger partial charge in [0.05, 0.1) is 7.11 Å². The molecule has 0 saturated carbocycles. The highest BCUT2D eigenvalue weighted by Gasteiger charge is 2.06. The van der Waals surface area contributed by atoms with E-state index in [-0.39, 0.29) is 0 Å². The zero-order valence-corrected chi connectivity index (χ0v) is 12.5. The Morgan fingerprint density at radius 3 is 2.74 bits per heavy atom. The molecule has 19 heavy (non-hydrogen) atoms. The van der Waals surface area contributed by atoms with Crippen LogP contribution in [0.3, 0.4) is 0 Å². The van der Waals surface area contributed by atoms with Gasteiger partial charge in [0.25, 0.3) is 0 Å². The van der Waals surface area contributed by atoms with Gasteiger partial charge in [0.15, 0.2) is 0 Å². The Bertz CT molecular complexity index is 366. The van der Waals surface area contributed by atoms with Crippen LogP contribution in [0, 0.1) is 5.92 Å². The van der Waals surface area contributed by atoms with Crippen LogP contribution in [0.25, 0.3) is 0 Å². The fourth-order valence-corrected chi connectivity index (χ4v) is 2.22. The Balaban J connectivity index is 2.43. The molecule has 3 nitrogen and oxygen atoms in total. The van der Waals surface area contributed by atoms with Crippen LogP contribution in [0.4, 0.5) is 5.69 Å². The monoisotopic (exact) mass is 264 g/mol. The summed E-state index contributed by atoms with van der Waals surface area (Å²) in [4.78, 5) is 0. The zero-order chi connectivity index (χ0) is 14.1. The fraction of sp³-hybridized carbons (Fsp3) is 0.625. The molecule has 0 aliphatic heterocycles. The molecule has 1 aromatic rings. The maximum atomic E-state index is 5.98. The van der Waals surface area contributed by atoms with Crippen LogP contribution in [0.2, 0.25) is 0 Å². The van der Waals surface area contributed by atoms with E-state index in [2.05, 4.69) is 19.2 Å². The van der Waals surface area contributed by atoms with Crippen LogP contribution in [0.1, 0.15) is 45.1 Å². The van der Waals surface area contributed by atoms with Crippen LogP contribution in [0.5, 0.6) is 5.75 Å². The largest absolute Gasteiger partial charge is 0.497 e. The molecule has 0 aromatic heterocycles. The fourth-order valence-electron chi connectivity index (χ4n) is 2.22. The van der Waals surface area contributed by atoms with Gasteiger partial charge in [-0.05, 0) is 42.6 Å². The summed E-state index contributed by atoms with van der Waals surface area (Å²) >= 11 is 0. The zero-order valence-electron chi connectivity index (χ0n) is 12.5. The van der Waals surface area contributed by atoms with Crippen molar-refractivity contribution in [3.63, 3.8) is 0 Å². The SMILES string of the molecule is CCCCC(CC)CNCc1cc(OC)ccc1N. The summed E-state index contributed by atoms with van der Waals surface area (Å²) in [7, 11) is 1.68. The van der Waals surface area contributed by atoms with Crippen molar-refractivity contribution in [3.8, 4) is 5.75 Å². The molecule has 0 radical (unpaired) electrons. The van der Waals surface area contributed by atoms with E-state index < -0.39 is 0 Å². The molecule has 0 aliphatic rings. The number of benzene rings is 1. The molecule has 0 bridgehead atoms. The van der Waals surface area contributed by atoms with Gasteiger partial charge in [-0.1, -0.05) is 33.1 Å². The molecule has 1 aromatic carbocycles. The van der Waals surface area contributed by atoms with Crippen LogP contribution in [0.15, 0.2) is 18.2 Å². The smallest absolute Gasteiger partial charge is 0.119 e. The Hall–Kier alpha value is -1.22. The van der Waals surface area contributed by atoms with Crippen LogP contribution in [-0.2, 0) is 6.54 Å². The van der Waals surface area contributed by atoms with E-state index in [4.69, 9.17) is 10.5 Å². The van der Waals surface area contributed by atoms with Crippen molar-refractivity contribution in [1.29, 1.82) is 0 Å². The predicted octanol–water partition coefficient (Wildman–Crippen LogP) is 3.58. The van der Waals surface area contributed by atoms with Gasteiger partial charge in [-0.3, -0.25) is 0 Å². The van der Waals surface area contributed by atoms with Gasteiger partial charge in [0, 0.05) is 12.2 Å². The van der Waals surface area contributed by atoms with Gasteiger partial charge >= 0.3 is 0 Å². The van der Waals surface area contributed by atoms with E-state index >= 15 is 0 Å². The van der Waals surface area contributed by atoms with Crippen molar-refractivity contribution in [1.82, 2.24) is 5.32 Å². The standard InChI is InChI=1S/C16H28N2O/c1-4-6-7-13(5-2)11-18-12-14-10-15(19-3)8-9-16(14)17/h8-10,13,18H,4-7,11-12,17H2,1-3H3. The summed E-state index contributed by atoms with van der Waals surface area (Å²) in [5, 5.41) is 3.52. The van der Waals surface area contributed by atoms with Gasteiger partial charge < -0.3 is 15.8 Å². The second-order valence-electron chi connectivity index (χ2n) is 5.11. The summed E-state index contributed by atoms with van der Waals surface area (Å²) in [5.41, 5.74) is 7.92. The molecule has 0 aliphatic carbocycles. The van der Waals surface area contributed by atoms with Crippen molar-refractivity contribution in [2.24, 2.45) is 5.92 Å². The number of rotatable bonds is 9. The van der Waals surface area contributed by atoms with Crippen LogP contribution in [-0.4, -0.2) is 13.7 Å². The highest BCUT2D eigenvalue weighted by atomic mass is 16.5. The lowest BCUT2D eigenvalue weighted by molar-refractivity contribution is 0.411. The second kappa shape index (κ2) is 8.81. The molecule has 0 saturated heterocycles. The number of nitrogens with one attached hydrogen (secondary N) is 1. The van der Waals surface area contributed by atoms with Crippen LogP contribution >= 0.6 is 0 Å². The third-order valence-corrected chi connectivity index (χ3v) is 3.64. The van der Waals surface area contributed by atoms with E-state index in [1.165, 1.54) is 25.7 Å². The Labute approximate surface area is 117 Å². The Morgan fingerprint density at radius 1 is 1.32 bits per heavy atom. The van der Waals surface area contributed by atoms with E-state index in [9.17, 15) is 0 Å². The van der Waals surface area contributed by atoms with E-state index in [0.29, 0.717) is 0 Å². The van der Waals surface area contributed by atoms with Gasteiger partial charge in [0.1, 0.15) is 5.75 Å². The molecule has 1 rings (SSSR count). The Kier molecular flexibility index (Phi) is 7.34. The predicted molar refractivity (Wildman–Crippen MR) is 82.4 cm³/mol. The van der Waals surface area contributed by atoms with Gasteiger partial charge in [0.2, 0.25) is 0 Å². The second-order valence-corrected chi connectivity index (χ2v) is 5.11. The Morgan fingerprint density at radius 2 is 2.11 bits per heavy atom. The minimum absolute atomic E-state index is 0.770. The number of unbranched alkanes of at least 4 members (excludes halogenated alkanes) is 1. The molecule has 108 valence electrons. The third kappa shape index (κ3) is 5.52. The van der Waals surface area contributed by atoms with E-state index in [1.807, 2.05) is 18.2 Å². The minimum Gasteiger partial charge on any atom is -0.497 e.